The molecule has 7 nitrogen and oxygen atoms in total. The molecule has 8 heteroatoms. The summed E-state index contributed by atoms with van der Waals surface area (Å²) in [5.74, 6) is 1.09. The van der Waals surface area contributed by atoms with Crippen LogP contribution in [0.1, 0.15) is 22.5 Å². The van der Waals surface area contributed by atoms with E-state index in [-0.39, 0.29) is 0 Å². The Balaban J connectivity index is 1.67. The maximum atomic E-state index is 5.61. The number of rotatable bonds is 2. The lowest BCUT2D eigenvalue weighted by Gasteiger charge is -2.19. The number of aryl methyl sites for hydroxylation is 2. The fourth-order valence-corrected chi connectivity index (χ4v) is 4.20. The van der Waals surface area contributed by atoms with Gasteiger partial charge in [0.25, 0.3) is 5.89 Å². The van der Waals surface area contributed by atoms with Crippen LogP contribution in [0.4, 0.5) is 0 Å². The highest BCUT2D eigenvalue weighted by molar-refractivity contribution is 7.15. The van der Waals surface area contributed by atoms with E-state index < -0.39 is 0 Å². The second-order valence-corrected chi connectivity index (χ2v) is 7.05. The number of pyridine rings is 1. The van der Waals surface area contributed by atoms with Crippen molar-refractivity contribution in [3.63, 3.8) is 0 Å². The van der Waals surface area contributed by atoms with Crippen molar-refractivity contribution < 1.29 is 4.52 Å². The van der Waals surface area contributed by atoms with Gasteiger partial charge in [-0.25, -0.2) is 4.98 Å². The monoisotopic (exact) mass is 352 g/mol. The molecular weight excluding hydrogens is 336 g/mol. The Morgan fingerprint density at radius 3 is 3.08 bits per heavy atom. The van der Waals surface area contributed by atoms with E-state index in [9.17, 15) is 0 Å². The number of hydrogen-bond acceptors (Lipinski definition) is 7. The summed E-state index contributed by atoms with van der Waals surface area (Å²) in [7, 11) is 0. The zero-order valence-corrected chi connectivity index (χ0v) is 14.7. The lowest BCUT2D eigenvalue weighted by molar-refractivity contribution is 0.430. The molecule has 5 heterocycles. The molecule has 0 radical (unpaired) electrons. The number of hydrogen-bond donors (Lipinski definition) is 1. The van der Waals surface area contributed by atoms with Crippen LogP contribution in [-0.2, 0) is 13.0 Å². The maximum absolute atomic E-state index is 5.61. The number of fused-ring (bicyclic) bond motifs is 2. The zero-order chi connectivity index (χ0) is 17.0. The van der Waals surface area contributed by atoms with Gasteiger partial charge in [0.2, 0.25) is 5.82 Å². The molecule has 0 saturated carbocycles. The van der Waals surface area contributed by atoms with Crippen molar-refractivity contribution in [2.45, 2.75) is 26.8 Å². The standard InChI is InChI=1S/C17H16N6OS/c1-9-13(12-3-4-18-7-11(12)8-19-9)15-21-16(24-22-15)14-10(2)20-17-23(14)5-6-25-17/h5-6,8,18H,3-4,7H2,1-2H3. The number of imidazole rings is 1. The van der Waals surface area contributed by atoms with E-state index in [2.05, 4.69) is 25.4 Å². The molecule has 4 aromatic rings. The Morgan fingerprint density at radius 2 is 2.16 bits per heavy atom. The van der Waals surface area contributed by atoms with Crippen molar-refractivity contribution in [2.75, 3.05) is 6.54 Å². The SMILES string of the molecule is Cc1ncc2c(c1-c1noc(-c3c(C)nc4sccn34)n1)CCNC2. The Hall–Kier alpha value is -2.58. The molecule has 0 spiro atoms. The van der Waals surface area contributed by atoms with E-state index in [1.165, 1.54) is 11.1 Å². The summed E-state index contributed by atoms with van der Waals surface area (Å²) >= 11 is 1.59. The average molecular weight is 352 g/mol. The molecule has 0 fully saturated rings. The van der Waals surface area contributed by atoms with Crippen LogP contribution >= 0.6 is 11.3 Å². The Bertz CT molecular complexity index is 1090. The molecular formula is C17H16N6OS. The third-order valence-electron chi connectivity index (χ3n) is 4.62. The topological polar surface area (TPSA) is 81.1 Å². The van der Waals surface area contributed by atoms with Gasteiger partial charge in [0.15, 0.2) is 4.96 Å². The molecule has 126 valence electrons. The summed E-state index contributed by atoms with van der Waals surface area (Å²) in [5.41, 5.74) is 6.14. The molecule has 0 atom stereocenters. The third kappa shape index (κ3) is 2.21. The van der Waals surface area contributed by atoms with Gasteiger partial charge < -0.3 is 9.84 Å². The Labute approximate surface area is 147 Å². The van der Waals surface area contributed by atoms with Gasteiger partial charge in [-0.3, -0.25) is 9.38 Å². The lowest BCUT2D eigenvalue weighted by atomic mass is 9.95. The van der Waals surface area contributed by atoms with Crippen LogP contribution in [0.2, 0.25) is 0 Å². The molecule has 0 bridgehead atoms. The molecule has 1 aliphatic rings. The van der Waals surface area contributed by atoms with Crippen molar-refractivity contribution in [3.8, 4) is 23.0 Å². The summed E-state index contributed by atoms with van der Waals surface area (Å²) in [6, 6.07) is 0. The molecule has 0 saturated heterocycles. The van der Waals surface area contributed by atoms with E-state index in [0.717, 1.165) is 47.1 Å². The minimum Gasteiger partial charge on any atom is -0.332 e. The lowest BCUT2D eigenvalue weighted by Crippen LogP contribution is -2.24. The summed E-state index contributed by atoms with van der Waals surface area (Å²) in [6.45, 7) is 5.74. The fourth-order valence-electron chi connectivity index (χ4n) is 3.44. The van der Waals surface area contributed by atoms with Gasteiger partial charge in [0.05, 0.1) is 5.69 Å². The molecule has 25 heavy (non-hydrogen) atoms. The second-order valence-electron chi connectivity index (χ2n) is 6.17. The second kappa shape index (κ2) is 5.47. The Kier molecular flexibility index (Phi) is 3.22. The van der Waals surface area contributed by atoms with Crippen LogP contribution in [0.15, 0.2) is 22.3 Å². The van der Waals surface area contributed by atoms with E-state index in [4.69, 9.17) is 4.52 Å². The van der Waals surface area contributed by atoms with E-state index >= 15 is 0 Å². The first-order valence-corrected chi connectivity index (χ1v) is 9.05. The predicted octanol–water partition coefficient (Wildman–Crippen LogP) is 2.77. The highest BCUT2D eigenvalue weighted by atomic mass is 32.1. The van der Waals surface area contributed by atoms with Crippen molar-refractivity contribution in [1.29, 1.82) is 0 Å². The minimum absolute atomic E-state index is 0.490. The summed E-state index contributed by atoms with van der Waals surface area (Å²) in [6.07, 6.45) is 4.86. The quantitative estimate of drug-likeness (QED) is 0.597. The molecule has 1 N–H and O–H groups in total. The first-order valence-electron chi connectivity index (χ1n) is 8.17. The zero-order valence-electron chi connectivity index (χ0n) is 13.9. The smallest absolute Gasteiger partial charge is 0.277 e. The fraction of sp³-hybridized carbons (Fsp3) is 0.294. The van der Waals surface area contributed by atoms with Crippen LogP contribution in [-0.4, -0.2) is 31.1 Å². The minimum atomic E-state index is 0.490. The average Bonchev–Trinajstić information content (AvgIpc) is 3.31. The highest BCUT2D eigenvalue weighted by Crippen LogP contribution is 2.31. The van der Waals surface area contributed by atoms with Gasteiger partial charge in [-0.15, -0.1) is 11.3 Å². The molecule has 5 rings (SSSR count). The molecule has 0 unspecified atom stereocenters. The van der Waals surface area contributed by atoms with Crippen LogP contribution in [0.25, 0.3) is 27.9 Å². The predicted molar refractivity (Wildman–Crippen MR) is 94.5 cm³/mol. The van der Waals surface area contributed by atoms with Crippen molar-refractivity contribution in [2.24, 2.45) is 0 Å². The number of nitrogens with zero attached hydrogens (tertiary/aromatic N) is 5. The molecule has 0 aromatic carbocycles. The van der Waals surface area contributed by atoms with Crippen LogP contribution in [0.5, 0.6) is 0 Å². The van der Waals surface area contributed by atoms with Gasteiger partial charge in [-0.1, -0.05) is 5.16 Å². The summed E-state index contributed by atoms with van der Waals surface area (Å²) in [5, 5.41) is 9.63. The normalized spacial score (nSPS) is 14.2. The van der Waals surface area contributed by atoms with Gasteiger partial charge in [0, 0.05) is 35.6 Å². The van der Waals surface area contributed by atoms with Crippen LogP contribution in [0, 0.1) is 13.8 Å². The first-order chi connectivity index (χ1) is 12.2. The van der Waals surface area contributed by atoms with Gasteiger partial charge in [-0.05, 0) is 37.9 Å². The first kappa shape index (κ1) is 14.7. The van der Waals surface area contributed by atoms with Crippen molar-refractivity contribution in [3.05, 3.63) is 40.3 Å². The molecule has 4 aromatic heterocycles. The summed E-state index contributed by atoms with van der Waals surface area (Å²) in [4.78, 5) is 14.7. The molecule has 0 amide bonds. The van der Waals surface area contributed by atoms with Gasteiger partial charge in [0.1, 0.15) is 5.69 Å². The molecule has 0 aliphatic carbocycles. The van der Waals surface area contributed by atoms with Gasteiger partial charge in [-0.2, -0.15) is 4.98 Å². The Morgan fingerprint density at radius 1 is 1.24 bits per heavy atom. The third-order valence-corrected chi connectivity index (χ3v) is 5.38. The van der Waals surface area contributed by atoms with E-state index in [1.807, 2.05) is 36.0 Å². The van der Waals surface area contributed by atoms with E-state index in [0.29, 0.717) is 11.7 Å². The number of nitrogens with one attached hydrogen (secondary N) is 1. The largest absolute Gasteiger partial charge is 0.332 e. The van der Waals surface area contributed by atoms with E-state index in [1.54, 1.807) is 11.3 Å². The van der Waals surface area contributed by atoms with Crippen LogP contribution < -0.4 is 5.32 Å². The number of aromatic nitrogens is 5. The summed E-state index contributed by atoms with van der Waals surface area (Å²) < 4.78 is 7.60. The van der Waals surface area contributed by atoms with Gasteiger partial charge >= 0.3 is 0 Å². The van der Waals surface area contributed by atoms with Crippen molar-refractivity contribution >= 4 is 16.3 Å². The highest BCUT2D eigenvalue weighted by Gasteiger charge is 2.23. The van der Waals surface area contributed by atoms with Crippen molar-refractivity contribution in [1.82, 2.24) is 29.8 Å². The maximum Gasteiger partial charge on any atom is 0.277 e. The number of thiazole rings is 1. The van der Waals surface area contributed by atoms with Crippen LogP contribution in [0.3, 0.4) is 0 Å². The molecule has 1 aliphatic heterocycles.